The summed E-state index contributed by atoms with van der Waals surface area (Å²) in [6.07, 6.45) is 5.71. The highest BCUT2D eigenvalue weighted by Gasteiger charge is 2.26. The van der Waals surface area contributed by atoms with Crippen LogP contribution in [0.4, 0.5) is 11.5 Å². The molecule has 2 aliphatic rings. The Morgan fingerprint density at radius 1 is 0.925 bits per heavy atom. The Hall–Kier alpha value is -3.92. The largest absolute Gasteiger partial charge is 0.506 e. The molecule has 206 valence electrons. The molecule has 0 aliphatic carbocycles. The Bertz CT molecular complexity index is 1470. The van der Waals surface area contributed by atoms with Crippen LogP contribution in [0.3, 0.4) is 0 Å². The van der Waals surface area contributed by atoms with Crippen LogP contribution in [0.25, 0.3) is 5.57 Å². The molecule has 3 aromatic rings. The number of hydrogen-bond acceptors (Lipinski definition) is 6. The highest BCUT2D eigenvalue weighted by molar-refractivity contribution is 6.32. The molecule has 2 aromatic carbocycles. The number of aromatic nitrogens is 1. The maximum Gasteiger partial charge on any atom is 0.259 e. The SMILES string of the molecule is O=C(Nc1c(O)cc(Cl)cc1C(=O)Nc1ccc(Cl)cn1)c1ccc(C2=CCN(CCN3CCCC3)C2=O)cc1. The second-order valence-corrected chi connectivity index (χ2v) is 10.5. The van der Waals surface area contributed by atoms with Gasteiger partial charge in [-0.05, 0) is 61.8 Å². The fraction of sp³-hybridized carbons (Fsp3) is 0.241. The number of likely N-dealkylation sites (tertiary alicyclic amines) is 1. The van der Waals surface area contributed by atoms with E-state index < -0.39 is 11.8 Å². The van der Waals surface area contributed by atoms with Crippen LogP contribution in [-0.4, -0.2) is 70.3 Å². The lowest BCUT2D eigenvalue weighted by molar-refractivity contribution is -0.123. The molecule has 0 radical (unpaired) electrons. The van der Waals surface area contributed by atoms with Crippen molar-refractivity contribution in [3.63, 3.8) is 0 Å². The number of carbonyl (C=O) groups excluding carboxylic acids is 3. The van der Waals surface area contributed by atoms with Crippen LogP contribution < -0.4 is 10.6 Å². The summed E-state index contributed by atoms with van der Waals surface area (Å²) in [6.45, 7) is 4.31. The van der Waals surface area contributed by atoms with Gasteiger partial charge < -0.3 is 25.5 Å². The number of anilines is 2. The number of halogens is 2. The van der Waals surface area contributed by atoms with Crippen LogP contribution in [-0.2, 0) is 4.79 Å². The third kappa shape index (κ3) is 6.28. The van der Waals surface area contributed by atoms with Crippen LogP contribution in [0.2, 0.25) is 10.0 Å². The van der Waals surface area contributed by atoms with Crippen LogP contribution in [0.15, 0.2) is 60.8 Å². The second-order valence-electron chi connectivity index (χ2n) is 9.61. The van der Waals surface area contributed by atoms with Crippen molar-refractivity contribution in [1.82, 2.24) is 14.8 Å². The van der Waals surface area contributed by atoms with E-state index in [-0.39, 0.29) is 39.3 Å². The molecule has 1 aromatic heterocycles. The quantitative estimate of drug-likeness (QED) is 0.326. The van der Waals surface area contributed by atoms with Gasteiger partial charge in [-0.1, -0.05) is 41.4 Å². The second kappa shape index (κ2) is 12.1. The summed E-state index contributed by atoms with van der Waals surface area (Å²) < 4.78 is 0. The van der Waals surface area contributed by atoms with Crippen LogP contribution >= 0.6 is 23.2 Å². The maximum absolute atomic E-state index is 13.1. The van der Waals surface area contributed by atoms with Crippen LogP contribution in [0.5, 0.6) is 5.75 Å². The molecule has 0 unspecified atom stereocenters. The van der Waals surface area contributed by atoms with Crippen molar-refractivity contribution in [3.8, 4) is 5.75 Å². The fourth-order valence-corrected chi connectivity index (χ4v) is 5.09. The Morgan fingerprint density at radius 2 is 1.68 bits per heavy atom. The van der Waals surface area contributed by atoms with E-state index in [4.69, 9.17) is 23.2 Å². The van der Waals surface area contributed by atoms with Gasteiger partial charge in [-0.25, -0.2) is 4.98 Å². The average Bonchev–Trinajstić information content (AvgIpc) is 3.59. The number of amides is 3. The van der Waals surface area contributed by atoms with E-state index >= 15 is 0 Å². The molecule has 2 aliphatic heterocycles. The number of phenolic OH excluding ortho intramolecular Hbond substituents is 1. The molecule has 3 N–H and O–H groups in total. The molecule has 5 rings (SSSR count). The first kappa shape index (κ1) is 27.6. The summed E-state index contributed by atoms with van der Waals surface area (Å²) in [5, 5.41) is 16.2. The fourth-order valence-electron chi connectivity index (χ4n) is 4.77. The molecule has 1 fully saturated rings. The molecule has 0 spiro atoms. The lowest BCUT2D eigenvalue weighted by Gasteiger charge is -2.21. The van der Waals surface area contributed by atoms with Gasteiger partial charge in [0.15, 0.2) is 0 Å². The first-order valence-corrected chi connectivity index (χ1v) is 13.6. The molecule has 0 bridgehead atoms. The molecule has 1 saturated heterocycles. The van der Waals surface area contributed by atoms with Crippen molar-refractivity contribution in [2.45, 2.75) is 12.8 Å². The van der Waals surface area contributed by atoms with E-state index in [0.717, 1.165) is 25.2 Å². The topological polar surface area (TPSA) is 115 Å². The predicted molar refractivity (Wildman–Crippen MR) is 155 cm³/mol. The van der Waals surface area contributed by atoms with Gasteiger partial charge in [-0.15, -0.1) is 0 Å². The maximum atomic E-state index is 13.1. The number of phenols is 1. The van der Waals surface area contributed by atoms with Gasteiger partial charge in [-0.3, -0.25) is 14.4 Å². The van der Waals surface area contributed by atoms with E-state index in [1.807, 2.05) is 11.0 Å². The number of rotatable bonds is 8. The minimum Gasteiger partial charge on any atom is -0.506 e. The number of pyridine rings is 1. The third-order valence-corrected chi connectivity index (χ3v) is 7.35. The molecule has 40 heavy (non-hydrogen) atoms. The van der Waals surface area contributed by atoms with Crippen molar-refractivity contribution >= 4 is 58.0 Å². The number of carbonyl (C=O) groups is 3. The van der Waals surface area contributed by atoms with Gasteiger partial charge in [-0.2, -0.15) is 0 Å². The Kier molecular flexibility index (Phi) is 8.35. The first-order valence-electron chi connectivity index (χ1n) is 12.9. The minimum atomic E-state index is -0.640. The van der Waals surface area contributed by atoms with Gasteiger partial charge in [0.05, 0.1) is 16.3 Å². The van der Waals surface area contributed by atoms with Crippen molar-refractivity contribution < 1.29 is 19.5 Å². The first-order chi connectivity index (χ1) is 19.3. The molecule has 3 heterocycles. The number of hydrogen-bond donors (Lipinski definition) is 3. The number of aromatic hydroxyl groups is 1. The molecule has 9 nitrogen and oxygen atoms in total. The summed E-state index contributed by atoms with van der Waals surface area (Å²) in [6, 6.07) is 12.2. The smallest absolute Gasteiger partial charge is 0.259 e. The molecule has 11 heteroatoms. The standard InChI is InChI=1S/C29H27Cl2N5O4/c30-20-7-8-25(32-17-20)33-28(39)23-15-21(31)16-24(37)26(23)34-27(38)19-5-3-18(4-6-19)22-9-12-36(29(22)40)14-13-35-10-1-2-11-35/h3-9,15-17,37H,1-2,10-14H2,(H,34,38)(H,32,33,39). The van der Waals surface area contributed by atoms with Gasteiger partial charge >= 0.3 is 0 Å². The van der Waals surface area contributed by atoms with Gasteiger partial charge in [0.1, 0.15) is 11.6 Å². The predicted octanol–water partition coefficient (Wildman–Crippen LogP) is 4.92. The molecule has 0 saturated carbocycles. The Balaban J connectivity index is 1.26. The summed E-state index contributed by atoms with van der Waals surface area (Å²) in [5.74, 6) is -1.36. The Labute approximate surface area is 241 Å². The summed E-state index contributed by atoms with van der Waals surface area (Å²) in [7, 11) is 0. The van der Waals surface area contributed by atoms with Gasteiger partial charge in [0.25, 0.3) is 17.7 Å². The summed E-state index contributed by atoms with van der Waals surface area (Å²) in [5.41, 5.74) is 1.45. The highest BCUT2D eigenvalue weighted by Crippen LogP contribution is 2.33. The van der Waals surface area contributed by atoms with E-state index in [9.17, 15) is 19.5 Å². The van der Waals surface area contributed by atoms with Crippen molar-refractivity contribution in [2.24, 2.45) is 0 Å². The van der Waals surface area contributed by atoms with E-state index in [2.05, 4.69) is 20.5 Å². The zero-order chi connectivity index (χ0) is 28.2. The van der Waals surface area contributed by atoms with Crippen molar-refractivity contribution in [3.05, 3.63) is 87.5 Å². The zero-order valence-electron chi connectivity index (χ0n) is 21.5. The third-order valence-electron chi connectivity index (χ3n) is 6.91. The lowest BCUT2D eigenvalue weighted by atomic mass is 10.0. The van der Waals surface area contributed by atoms with Crippen LogP contribution in [0.1, 0.15) is 39.1 Å². The number of benzene rings is 2. The summed E-state index contributed by atoms with van der Waals surface area (Å²) in [4.78, 5) is 47.2. The monoisotopic (exact) mass is 579 g/mol. The summed E-state index contributed by atoms with van der Waals surface area (Å²) >= 11 is 11.9. The lowest BCUT2D eigenvalue weighted by Crippen LogP contribution is -2.35. The van der Waals surface area contributed by atoms with Gasteiger partial charge in [0, 0.05) is 48.1 Å². The minimum absolute atomic E-state index is 0.0201. The zero-order valence-corrected chi connectivity index (χ0v) is 23.0. The van der Waals surface area contributed by atoms with E-state index in [1.165, 1.54) is 37.2 Å². The molecular weight excluding hydrogens is 553 g/mol. The van der Waals surface area contributed by atoms with E-state index in [1.54, 1.807) is 30.3 Å². The molecular formula is C29H27Cl2N5O4. The van der Waals surface area contributed by atoms with Crippen molar-refractivity contribution in [2.75, 3.05) is 43.4 Å². The molecule has 3 amide bonds. The van der Waals surface area contributed by atoms with Crippen LogP contribution in [0, 0.1) is 0 Å². The van der Waals surface area contributed by atoms with Gasteiger partial charge in [0.2, 0.25) is 0 Å². The molecule has 0 atom stereocenters. The number of nitrogens with one attached hydrogen (secondary N) is 2. The van der Waals surface area contributed by atoms with E-state index in [0.29, 0.717) is 23.7 Å². The highest BCUT2D eigenvalue weighted by atomic mass is 35.5. The average molecular weight is 580 g/mol. The normalized spacial score (nSPS) is 15.3. The van der Waals surface area contributed by atoms with Crippen molar-refractivity contribution in [1.29, 1.82) is 0 Å². The Morgan fingerprint density at radius 3 is 2.38 bits per heavy atom. The number of nitrogens with zero attached hydrogens (tertiary/aromatic N) is 3.